The molecule has 0 bridgehead atoms. The van der Waals surface area contributed by atoms with E-state index in [0.29, 0.717) is 12.1 Å². The molecule has 3 aliphatic rings. The molecule has 3 heteroatoms. The molecule has 4 rings (SSSR count). The summed E-state index contributed by atoms with van der Waals surface area (Å²) in [5.41, 5.74) is 11.8. The van der Waals surface area contributed by atoms with Crippen molar-refractivity contribution in [2.24, 2.45) is 5.73 Å². The number of hydrogen-bond donors (Lipinski definition) is 2. The molecule has 2 aliphatic carbocycles. The molecule has 0 spiro atoms. The van der Waals surface area contributed by atoms with Crippen molar-refractivity contribution < 1.29 is 4.74 Å². The van der Waals surface area contributed by atoms with Crippen molar-refractivity contribution in [3.8, 4) is 0 Å². The number of benzene rings is 1. The maximum absolute atomic E-state index is 7.84. The molecule has 1 unspecified atom stereocenters. The van der Waals surface area contributed by atoms with E-state index in [1.165, 1.54) is 5.57 Å². The molecule has 1 aliphatic heterocycles. The van der Waals surface area contributed by atoms with E-state index in [1.807, 2.05) is 30.4 Å². The van der Waals surface area contributed by atoms with Gasteiger partial charge in [0.15, 0.2) is 0 Å². The van der Waals surface area contributed by atoms with Crippen LogP contribution in [0.2, 0.25) is 0 Å². The third kappa shape index (κ3) is 2.02. The first-order valence-electron chi connectivity index (χ1n) is 7.34. The van der Waals surface area contributed by atoms with Crippen molar-refractivity contribution in [1.29, 1.82) is 5.41 Å². The van der Waals surface area contributed by atoms with Crippen LogP contribution >= 0.6 is 0 Å². The fourth-order valence-electron chi connectivity index (χ4n) is 3.11. The minimum Gasteiger partial charge on any atom is -0.485 e. The second-order valence-electron chi connectivity index (χ2n) is 5.63. The second-order valence-corrected chi connectivity index (χ2v) is 5.63. The van der Waals surface area contributed by atoms with Crippen LogP contribution in [-0.2, 0) is 4.74 Å². The largest absolute Gasteiger partial charge is 0.485 e. The van der Waals surface area contributed by atoms with Gasteiger partial charge in [-0.1, -0.05) is 36.4 Å². The average molecular weight is 288 g/mol. The zero-order valence-electron chi connectivity index (χ0n) is 12.0. The highest BCUT2D eigenvalue weighted by Crippen LogP contribution is 2.43. The molecule has 0 saturated carbocycles. The van der Waals surface area contributed by atoms with Crippen molar-refractivity contribution >= 4 is 11.3 Å². The summed E-state index contributed by atoms with van der Waals surface area (Å²) < 4.78 is 6.11. The van der Waals surface area contributed by atoms with E-state index < -0.39 is 0 Å². The summed E-state index contributed by atoms with van der Waals surface area (Å²) in [5, 5.41) is 7.84. The molecule has 108 valence electrons. The van der Waals surface area contributed by atoms with Gasteiger partial charge in [-0.15, -0.1) is 0 Å². The summed E-state index contributed by atoms with van der Waals surface area (Å²) in [6.07, 6.45) is 10.2. The molecule has 0 aromatic heterocycles. The number of allylic oxidation sites excluding steroid dienone is 5. The van der Waals surface area contributed by atoms with E-state index >= 15 is 0 Å². The van der Waals surface area contributed by atoms with Crippen LogP contribution in [0, 0.1) is 5.41 Å². The second kappa shape index (κ2) is 4.88. The van der Waals surface area contributed by atoms with E-state index in [1.54, 1.807) is 12.2 Å². The zero-order chi connectivity index (χ0) is 15.1. The summed E-state index contributed by atoms with van der Waals surface area (Å²) >= 11 is 0. The smallest absolute Gasteiger partial charge is 0.130 e. The van der Waals surface area contributed by atoms with Crippen molar-refractivity contribution in [2.75, 3.05) is 0 Å². The topological polar surface area (TPSA) is 59.1 Å². The van der Waals surface area contributed by atoms with Gasteiger partial charge >= 0.3 is 0 Å². The lowest BCUT2D eigenvalue weighted by molar-refractivity contribution is 0.150. The SMILES string of the molecule is N=C1C=CC2=C(c3ccccc3)C3=CC=C(N)CC3OC2=C1. The molecular formula is C19H16N2O. The van der Waals surface area contributed by atoms with Gasteiger partial charge in [-0.25, -0.2) is 0 Å². The van der Waals surface area contributed by atoms with Gasteiger partial charge in [-0.2, -0.15) is 0 Å². The van der Waals surface area contributed by atoms with Crippen LogP contribution in [0.1, 0.15) is 12.0 Å². The van der Waals surface area contributed by atoms with E-state index in [9.17, 15) is 0 Å². The quantitative estimate of drug-likeness (QED) is 0.831. The fraction of sp³-hybridized carbons (Fsp3) is 0.105. The van der Waals surface area contributed by atoms with Crippen molar-refractivity contribution in [2.45, 2.75) is 12.5 Å². The van der Waals surface area contributed by atoms with Gasteiger partial charge in [0.05, 0.1) is 5.71 Å². The minimum absolute atomic E-state index is 0.0745. The van der Waals surface area contributed by atoms with Crippen LogP contribution in [0.4, 0.5) is 0 Å². The summed E-state index contributed by atoms with van der Waals surface area (Å²) in [6, 6.07) is 10.3. The summed E-state index contributed by atoms with van der Waals surface area (Å²) in [5.74, 6) is 0.767. The lowest BCUT2D eigenvalue weighted by Gasteiger charge is -2.35. The van der Waals surface area contributed by atoms with Gasteiger partial charge in [0.25, 0.3) is 0 Å². The number of rotatable bonds is 1. The van der Waals surface area contributed by atoms with Crippen molar-refractivity contribution in [3.05, 3.63) is 88.9 Å². The molecular weight excluding hydrogens is 272 g/mol. The van der Waals surface area contributed by atoms with Crippen LogP contribution in [0.25, 0.3) is 5.57 Å². The molecule has 22 heavy (non-hydrogen) atoms. The Labute approximate surface area is 129 Å². The first-order valence-corrected chi connectivity index (χ1v) is 7.34. The summed E-state index contributed by atoms with van der Waals surface area (Å²) in [6.45, 7) is 0. The normalized spacial score (nSPS) is 23.0. The number of ether oxygens (including phenoxy) is 1. The van der Waals surface area contributed by atoms with Crippen molar-refractivity contribution in [1.82, 2.24) is 0 Å². The molecule has 1 heterocycles. The summed E-state index contributed by atoms with van der Waals surface area (Å²) in [7, 11) is 0. The Balaban J connectivity index is 1.97. The molecule has 0 fully saturated rings. The predicted molar refractivity (Wildman–Crippen MR) is 88.2 cm³/mol. The molecule has 3 nitrogen and oxygen atoms in total. The highest BCUT2D eigenvalue weighted by atomic mass is 16.5. The minimum atomic E-state index is -0.0745. The van der Waals surface area contributed by atoms with Gasteiger partial charge in [0.2, 0.25) is 0 Å². The average Bonchev–Trinajstić information content (AvgIpc) is 2.53. The third-order valence-electron chi connectivity index (χ3n) is 4.12. The highest BCUT2D eigenvalue weighted by Gasteiger charge is 2.33. The molecule has 1 aromatic carbocycles. The summed E-state index contributed by atoms with van der Waals surface area (Å²) in [4.78, 5) is 0. The van der Waals surface area contributed by atoms with Crippen molar-refractivity contribution in [3.63, 3.8) is 0 Å². The van der Waals surface area contributed by atoms with Gasteiger partial charge in [0, 0.05) is 29.3 Å². The zero-order valence-corrected chi connectivity index (χ0v) is 12.0. The van der Waals surface area contributed by atoms with Gasteiger partial charge in [0.1, 0.15) is 11.9 Å². The van der Waals surface area contributed by atoms with E-state index in [4.69, 9.17) is 15.9 Å². The molecule has 0 saturated heterocycles. The Bertz CT molecular complexity index is 807. The lowest BCUT2D eigenvalue weighted by atomic mass is 9.82. The number of nitrogens with two attached hydrogens (primary N) is 1. The van der Waals surface area contributed by atoms with E-state index in [-0.39, 0.29) is 6.10 Å². The Morgan fingerprint density at radius 3 is 2.73 bits per heavy atom. The molecule has 3 N–H and O–H groups in total. The van der Waals surface area contributed by atoms with Crippen LogP contribution < -0.4 is 5.73 Å². The number of nitrogens with one attached hydrogen (secondary N) is 1. The van der Waals surface area contributed by atoms with E-state index in [2.05, 4.69) is 18.2 Å². The van der Waals surface area contributed by atoms with Crippen LogP contribution in [0.3, 0.4) is 0 Å². The standard InChI is InChI=1S/C19H16N2O/c20-13-6-8-15-17(10-13)22-18-11-14(21)7-9-16(18)19(15)12-4-2-1-3-5-12/h1-10,18,20H,11,21H2. The Morgan fingerprint density at radius 1 is 1.09 bits per heavy atom. The third-order valence-corrected chi connectivity index (χ3v) is 4.12. The first kappa shape index (κ1) is 12.9. The first-order chi connectivity index (χ1) is 10.7. The highest BCUT2D eigenvalue weighted by molar-refractivity contribution is 6.06. The molecule has 0 amide bonds. The molecule has 1 atom stereocenters. The fourth-order valence-corrected chi connectivity index (χ4v) is 3.11. The maximum atomic E-state index is 7.84. The Morgan fingerprint density at radius 2 is 1.91 bits per heavy atom. The lowest BCUT2D eigenvalue weighted by Crippen LogP contribution is -2.28. The number of fused-ring (bicyclic) bond motifs is 2. The van der Waals surface area contributed by atoms with Gasteiger partial charge in [-0.3, -0.25) is 0 Å². The Kier molecular flexibility index (Phi) is 2.86. The maximum Gasteiger partial charge on any atom is 0.130 e. The predicted octanol–water partition coefficient (Wildman–Crippen LogP) is 3.49. The van der Waals surface area contributed by atoms with E-state index in [0.717, 1.165) is 28.2 Å². The van der Waals surface area contributed by atoms with Gasteiger partial charge in [-0.05, 0) is 29.4 Å². The monoisotopic (exact) mass is 288 g/mol. The van der Waals surface area contributed by atoms with Crippen LogP contribution in [0.5, 0.6) is 0 Å². The molecule has 0 radical (unpaired) electrons. The van der Waals surface area contributed by atoms with Crippen LogP contribution in [0.15, 0.2) is 83.3 Å². The molecule has 1 aromatic rings. The van der Waals surface area contributed by atoms with Crippen LogP contribution in [-0.4, -0.2) is 11.8 Å². The number of hydrogen-bond acceptors (Lipinski definition) is 3. The van der Waals surface area contributed by atoms with Gasteiger partial charge < -0.3 is 15.9 Å². The Hall–Kier alpha value is -2.81.